The molecule has 3 heterocycles. The Morgan fingerprint density at radius 2 is 2.03 bits per heavy atom. The number of rotatable bonds is 6. The van der Waals surface area contributed by atoms with E-state index < -0.39 is 0 Å². The Hall–Kier alpha value is -3.81. The van der Waals surface area contributed by atoms with Crippen molar-refractivity contribution in [2.24, 2.45) is 0 Å². The van der Waals surface area contributed by atoms with Gasteiger partial charge in [-0.1, -0.05) is 12.1 Å². The van der Waals surface area contributed by atoms with E-state index in [0.29, 0.717) is 35.9 Å². The molecule has 0 bridgehead atoms. The number of carbonyl (C=O) groups is 2. The van der Waals surface area contributed by atoms with E-state index in [1.165, 1.54) is 6.20 Å². The smallest absolute Gasteiger partial charge is 0.255 e. The van der Waals surface area contributed by atoms with Crippen LogP contribution in [0.15, 0.2) is 53.1 Å². The SMILES string of the molecule is COc1ccc(CN2C(=O)CNc3ncc(C(=O)N(C)Cc4ccc(C)o4)cc32)cc1. The van der Waals surface area contributed by atoms with Gasteiger partial charge in [-0.25, -0.2) is 4.98 Å². The molecule has 8 nitrogen and oxygen atoms in total. The zero-order valence-corrected chi connectivity index (χ0v) is 17.7. The molecule has 1 aliphatic heterocycles. The molecule has 0 unspecified atom stereocenters. The number of amides is 2. The number of nitrogens with zero attached hydrogens (tertiary/aromatic N) is 3. The van der Waals surface area contributed by atoms with Crippen LogP contribution in [0.4, 0.5) is 11.5 Å². The number of hydrogen-bond acceptors (Lipinski definition) is 6. The van der Waals surface area contributed by atoms with Gasteiger partial charge in [-0.2, -0.15) is 0 Å². The summed E-state index contributed by atoms with van der Waals surface area (Å²) in [5.74, 6) is 2.54. The Labute approximate surface area is 180 Å². The van der Waals surface area contributed by atoms with Crippen molar-refractivity contribution in [3.8, 4) is 5.75 Å². The van der Waals surface area contributed by atoms with Gasteiger partial charge >= 0.3 is 0 Å². The minimum absolute atomic E-state index is 0.0888. The summed E-state index contributed by atoms with van der Waals surface area (Å²) in [5, 5.41) is 3.02. The number of anilines is 2. The fraction of sp³-hybridized carbons (Fsp3) is 0.261. The summed E-state index contributed by atoms with van der Waals surface area (Å²) in [5.41, 5.74) is 1.94. The Balaban J connectivity index is 1.57. The van der Waals surface area contributed by atoms with Crippen molar-refractivity contribution in [2.45, 2.75) is 20.0 Å². The molecule has 0 radical (unpaired) electrons. The van der Waals surface area contributed by atoms with Gasteiger partial charge in [-0.05, 0) is 42.8 Å². The van der Waals surface area contributed by atoms with Gasteiger partial charge in [0.1, 0.15) is 17.3 Å². The molecule has 160 valence electrons. The van der Waals surface area contributed by atoms with E-state index in [9.17, 15) is 9.59 Å². The van der Waals surface area contributed by atoms with Crippen LogP contribution in [0.2, 0.25) is 0 Å². The second-order valence-corrected chi connectivity index (χ2v) is 7.45. The molecular formula is C23H24N4O4. The van der Waals surface area contributed by atoms with Crippen LogP contribution in [0.5, 0.6) is 5.75 Å². The molecule has 0 saturated heterocycles. The van der Waals surface area contributed by atoms with E-state index in [1.54, 1.807) is 30.0 Å². The van der Waals surface area contributed by atoms with Gasteiger partial charge in [0.15, 0.2) is 5.82 Å². The van der Waals surface area contributed by atoms with Gasteiger partial charge in [0, 0.05) is 13.2 Å². The first-order valence-electron chi connectivity index (χ1n) is 9.92. The predicted molar refractivity (Wildman–Crippen MR) is 116 cm³/mol. The summed E-state index contributed by atoms with van der Waals surface area (Å²) < 4.78 is 10.8. The van der Waals surface area contributed by atoms with Gasteiger partial charge in [0.05, 0.1) is 38.0 Å². The molecule has 2 aromatic heterocycles. The summed E-state index contributed by atoms with van der Waals surface area (Å²) in [7, 11) is 3.32. The van der Waals surface area contributed by atoms with E-state index in [4.69, 9.17) is 9.15 Å². The molecule has 0 spiro atoms. The summed E-state index contributed by atoms with van der Waals surface area (Å²) in [4.78, 5) is 33.2. The maximum absolute atomic E-state index is 13.0. The number of aromatic nitrogens is 1. The highest BCUT2D eigenvalue weighted by Crippen LogP contribution is 2.30. The number of hydrogen-bond donors (Lipinski definition) is 1. The lowest BCUT2D eigenvalue weighted by Crippen LogP contribution is -2.40. The van der Waals surface area contributed by atoms with Crippen molar-refractivity contribution in [3.05, 3.63) is 71.3 Å². The second kappa shape index (κ2) is 8.51. The standard InChI is InChI=1S/C23H24N4O4/c1-15-4-7-19(31-15)14-26(2)23(29)17-10-20-22(24-11-17)25-12-21(28)27(20)13-16-5-8-18(30-3)9-6-16/h4-11H,12-14H2,1-3H3,(H,24,25). The quantitative estimate of drug-likeness (QED) is 0.659. The summed E-state index contributed by atoms with van der Waals surface area (Å²) in [6, 6.07) is 13.0. The summed E-state index contributed by atoms with van der Waals surface area (Å²) in [6.07, 6.45) is 1.53. The molecule has 1 aliphatic rings. The number of benzene rings is 1. The molecular weight excluding hydrogens is 396 g/mol. The number of furan rings is 1. The van der Waals surface area contributed by atoms with Gasteiger partial charge in [-0.3, -0.25) is 9.59 Å². The van der Waals surface area contributed by atoms with Crippen LogP contribution in [0, 0.1) is 6.92 Å². The number of pyridine rings is 1. The van der Waals surface area contributed by atoms with Gasteiger partial charge in [0.2, 0.25) is 5.91 Å². The van der Waals surface area contributed by atoms with Gasteiger partial charge < -0.3 is 24.3 Å². The Kier molecular flexibility index (Phi) is 5.62. The molecule has 8 heteroatoms. The molecule has 0 aliphatic carbocycles. The molecule has 1 aromatic carbocycles. The monoisotopic (exact) mass is 420 g/mol. The first-order valence-corrected chi connectivity index (χ1v) is 9.92. The molecule has 3 aromatic rings. The zero-order valence-electron chi connectivity index (χ0n) is 17.7. The highest BCUT2D eigenvalue weighted by molar-refractivity contribution is 6.04. The van der Waals surface area contributed by atoms with Crippen LogP contribution < -0.4 is 15.0 Å². The molecule has 0 atom stereocenters. The maximum Gasteiger partial charge on any atom is 0.255 e. The normalized spacial score (nSPS) is 12.9. The molecule has 31 heavy (non-hydrogen) atoms. The largest absolute Gasteiger partial charge is 0.497 e. The average Bonchev–Trinajstić information content (AvgIpc) is 3.19. The van der Waals surface area contributed by atoms with Crippen molar-refractivity contribution < 1.29 is 18.7 Å². The summed E-state index contributed by atoms with van der Waals surface area (Å²) >= 11 is 0. The molecule has 4 rings (SSSR count). The first-order chi connectivity index (χ1) is 14.9. The van der Waals surface area contributed by atoms with Crippen LogP contribution in [-0.2, 0) is 17.9 Å². The predicted octanol–water partition coefficient (Wildman–Crippen LogP) is 3.22. The molecule has 0 saturated carbocycles. The fourth-order valence-corrected chi connectivity index (χ4v) is 3.48. The summed E-state index contributed by atoms with van der Waals surface area (Å²) in [6.45, 7) is 2.73. The van der Waals surface area contributed by atoms with E-state index in [-0.39, 0.29) is 18.4 Å². The third-order valence-electron chi connectivity index (χ3n) is 5.15. The van der Waals surface area contributed by atoms with Crippen LogP contribution in [-0.4, -0.2) is 42.4 Å². The van der Waals surface area contributed by atoms with Crippen molar-refractivity contribution in [3.63, 3.8) is 0 Å². The van der Waals surface area contributed by atoms with E-state index in [2.05, 4.69) is 10.3 Å². The lowest BCUT2D eigenvalue weighted by Gasteiger charge is -2.30. The zero-order chi connectivity index (χ0) is 22.0. The van der Waals surface area contributed by atoms with E-state index in [1.807, 2.05) is 43.3 Å². The van der Waals surface area contributed by atoms with Crippen LogP contribution >= 0.6 is 0 Å². The topological polar surface area (TPSA) is 87.9 Å². The lowest BCUT2D eigenvalue weighted by molar-refractivity contribution is -0.117. The van der Waals surface area contributed by atoms with E-state index in [0.717, 1.165) is 17.1 Å². The lowest BCUT2D eigenvalue weighted by atomic mass is 10.1. The maximum atomic E-state index is 13.0. The average molecular weight is 420 g/mol. The molecule has 1 N–H and O–H groups in total. The Bertz CT molecular complexity index is 1110. The number of fused-ring (bicyclic) bond motifs is 1. The third kappa shape index (κ3) is 4.37. The Morgan fingerprint density at radius 3 is 2.71 bits per heavy atom. The number of carbonyl (C=O) groups excluding carboxylic acids is 2. The number of aryl methyl sites for hydroxylation is 1. The number of ether oxygens (including phenoxy) is 1. The molecule has 0 fully saturated rings. The third-order valence-corrected chi connectivity index (χ3v) is 5.15. The minimum atomic E-state index is -0.202. The van der Waals surface area contributed by atoms with Crippen molar-refractivity contribution >= 4 is 23.3 Å². The van der Waals surface area contributed by atoms with Crippen molar-refractivity contribution in [1.29, 1.82) is 0 Å². The first kappa shape index (κ1) is 20.5. The van der Waals surface area contributed by atoms with E-state index >= 15 is 0 Å². The minimum Gasteiger partial charge on any atom is -0.497 e. The highest BCUT2D eigenvalue weighted by Gasteiger charge is 2.27. The van der Waals surface area contributed by atoms with Crippen molar-refractivity contribution in [1.82, 2.24) is 9.88 Å². The van der Waals surface area contributed by atoms with Gasteiger partial charge in [0.25, 0.3) is 5.91 Å². The number of methoxy groups -OCH3 is 1. The second-order valence-electron chi connectivity index (χ2n) is 7.45. The van der Waals surface area contributed by atoms with Crippen LogP contribution in [0.1, 0.15) is 27.4 Å². The highest BCUT2D eigenvalue weighted by atomic mass is 16.5. The van der Waals surface area contributed by atoms with Crippen LogP contribution in [0.3, 0.4) is 0 Å². The van der Waals surface area contributed by atoms with Gasteiger partial charge in [-0.15, -0.1) is 0 Å². The molecule has 2 amide bonds. The Morgan fingerprint density at radius 1 is 1.26 bits per heavy atom. The van der Waals surface area contributed by atoms with Crippen molar-refractivity contribution in [2.75, 3.05) is 30.9 Å². The fourth-order valence-electron chi connectivity index (χ4n) is 3.48. The van der Waals surface area contributed by atoms with Crippen LogP contribution in [0.25, 0.3) is 0 Å². The number of nitrogens with one attached hydrogen (secondary N) is 1.